The number of nitrogens with two attached hydrogens (primary N) is 1. The zero-order chi connectivity index (χ0) is 20.4. The molecular formula is C18H24N4O3S2. The summed E-state index contributed by atoms with van der Waals surface area (Å²) in [6.07, 6.45) is 2.66. The van der Waals surface area contributed by atoms with E-state index in [-0.39, 0.29) is 17.2 Å². The Morgan fingerprint density at radius 1 is 1.15 bits per heavy atom. The van der Waals surface area contributed by atoms with Crippen molar-refractivity contribution < 1.29 is 13.2 Å². The number of anilines is 1. The van der Waals surface area contributed by atoms with Crippen LogP contribution >= 0.6 is 11.8 Å². The van der Waals surface area contributed by atoms with Crippen LogP contribution in [0.4, 0.5) is 5.69 Å². The molecule has 7 nitrogen and oxygen atoms in total. The van der Waals surface area contributed by atoms with Gasteiger partial charge in [0.25, 0.3) is 0 Å². The SMILES string of the molecule is CSc1nc(C)c(CCC(=O)Nc2cc(S(N)(=O)=O)cc(C)c2C)c(C)n1. The molecule has 1 amide bonds. The summed E-state index contributed by atoms with van der Waals surface area (Å²) in [6, 6.07) is 2.89. The van der Waals surface area contributed by atoms with E-state index < -0.39 is 10.0 Å². The third kappa shape index (κ3) is 5.27. The minimum Gasteiger partial charge on any atom is -0.326 e. The Kier molecular flexibility index (Phi) is 6.61. The zero-order valence-electron chi connectivity index (χ0n) is 16.1. The smallest absolute Gasteiger partial charge is 0.238 e. The molecule has 1 heterocycles. The maximum Gasteiger partial charge on any atom is 0.238 e. The second kappa shape index (κ2) is 8.37. The fourth-order valence-corrected chi connectivity index (χ4v) is 3.81. The molecular weight excluding hydrogens is 384 g/mol. The molecule has 3 N–H and O–H groups in total. The molecule has 0 spiro atoms. The molecule has 0 atom stereocenters. The van der Waals surface area contributed by atoms with Crippen LogP contribution in [0.15, 0.2) is 22.2 Å². The lowest BCUT2D eigenvalue weighted by molar-refractivity contribution is -0.116. The van der Waals surface area contributed by atoms with Crippen molar-refractivity contribution in [3.05, 3.63) is 40.2 Å². The van der Waals surface area contributed by atoms with Crippen molar-refractivity contribution >= 4 is 33.4 Å². The topological polar surface area (TPSA) is 115 Å². The summed E-state index contributed by atoms with van der Waals surface area (Å²) in [5.74, 6) is -0.211. The number of rotatable bonds is 6. The Balaban J connectivity index is 2.17. The highest BCUT2D eigenvalue weighted by Gasteiger charge is 2.15. The van der Waals surface area contributed by atoms with Crippen LogP contribution in [0.25, 0.3) is 0 Å². The number of carbonyl (C=O) groups is 1. The Morgan fingerprint density at radius 3 is 2.26 bits per heavy atom. The minimum atomic E-state index is -3.84. The summed E-state index contributed by atoms with van der Waals surface area (Å²) in [5, 5.41) is 8.71. The highest BCUT2D eigenvalue weighted by atomic mass is 32.2. The van der Waals surface area contributed by atoms with Crippen molar-refractivity contribution in [3.63, 3.8) is 0 Å². The van der Waals surface area contributed by atoms with E-state index in [1.807, 2.05) is 27.0 Å². The van der Waals surface area contributed by atoms with Crippen molar-refractivity contribution in [1.82, 2.24) is 9.97 Å². The van der Waals surface area contributed by atoms with Crippen molar-refractivity contribution in [2.75, 3.05) is 11.6 Å². The normalized spacial score (nSPS) is 11.5. The second-order valence-electron chi connectivity index (χ2n) is 6.37. The van der Waals surface area contributed by atoms with Crippen LogP contribution in [0.5, 0.6) is 0 Å². The van der Waals surface area contributed by atoms with Gasteiger partial charge in [-0.25, -0.2) is 23.5 Å². The van der Waals surface area contributed by atoms with E-state index in [4.69, 9.17) is 5.14 Å². The van der Waals surface area contributed by atoms with Crippen LogP contribution in [-0.2, 0) is 21.2 Å². The maximum atomic E-state index is 12.4. The number of hydrogen-bond donors (Lipinski definition) is 2. The van der Waals surface area contributed by atoms with Gasteiger partial charge in [0.15, 0.2) is 5.16 Å². The number of thioether (sulfide) groups is 1. The number of nitrogens with zero attached hydrogens (tertiary/aromatic N) is 2. The zero-order valence-corrected chi connectivity index (χ0v) is 17.7. The van der Waals surface area contributed by atoms with Crippen molar-refractivity contribution in [2.45, 2.75) is 50.6 Å². The van der Waals surface area contributed by atoms with Gasteiger partial charge in [0.05, 0.1) is 4.90 Å². The molecule has 1 aromatic carbocycles. The van der Waals surface area contributed by atoms with Gasteiger partial charge in [-0.3, -0.25) is 4.79 Å². The van der Waals surface area contributed by atoms with Crippen LogP contribution in [-0.4, -0.2) is 30.5 Å². The van der Waals surface area contributed by atoms with Gasteiger partial charge in [-0.2, -0.15) is 0 Å². The number of hydrogen-bond acceptors (Lipinski definition) is 6. The fourth-order valence-electron chi connectivity index (χ4n) is 2.73. The third-order valence-corrected chi connectivity index (χ3v) is 5.87. The summed E-state index contributed by atoms with van der Waals surface area (Å²) in [4.78, 5) is 21.2. The first-order valence-electron chi connectivity index (χ1n) is 8.35. The number of carbonyl (C=O) groups excluding carboxylic acids is 1. The maximum absolute atomic E-state index is 12.4. The molecule has 0 aliphatic heterocycles. The van der Waals surface area contributed by atoms with E-state index in [9.17, 15) is 13.2 Å². The first-order chi connectivity index (χ1) is 12.5. The summed E-state index contributed by atoms with van der Waals surface area (Å²) < 4.78 is 23.2. The van der Waals surface area contributed by atoms with Crippen LogP contribution in [0.3, 0.4) is 0 Å². The van der Waals surface area contributed by atoms with Gasteiger partial charge in [0, 0.05) is 23.5 Å². The highest BCUT2D eigenvalue weighted by Crippen LogP contribution is 2.24. The summed E-state index contributed by atoms with van der Waals surface area (Å²) >= 11 is 1.48. The largest absolute Gasteiger partial charge is 0.326 e. The number of aryl methyl sites for hydroxylation is 3. The number of sulfonamides is 1. The predicted molar refractivity (Wildman–Crippen MR) is 108 cm³/mol. The minimum absolute atomic E-state index is 0.0198. The van der Waals surface area contributed by atoms with E-state index in [1.54, 1.807) is 6.92 Å². The van der Waals surface area contributed by atoms with Crippen molar-refractivity contribution in [3.8, 4) is 0 Å². The molecule has 0 saturated heterocycles. The molecule has 2 aromatic rings. The van der Waals surface area contributed by atoms with Gasteiger partial charge < -0.3 is 5.32 Å². The molecule has 2 rings (SSSR count). The molecule has 1 aromatic heterocycles. The average molecular weight is 409 g/mol. The second-order valence-corrected chi connectivity index (χ2v) is 8.70. The molecule has 27 heavy (non-hydrogen) atoms. The first-order valence-corrected chi connectivity index (χ1v) is 11.1. The van der Waals surface area contributed by atoms with Gasteiger partial charge in [0.1, 0.15) is 0 Å². The lowest BCUT2D eigenvalue weighted by Crippen LogP contribution is -2.17. The Bertz CT molecular complexity index is 965. The van der Waals surface area contributed by atoms with Gasteiger partial charge in [-0.1, -0.05) is 11.8 Å². The Labute approximate surface area is 164 Å². The predicted octanol–water partition coefficient (Wildman–Crippen LogP) is 2.65. The third-order valence-electron chi connectivity index (χ3n) is 4.43. The standard InChI is InChI=1S/C18H24N4O3S2/c1-10-8-14(27(19,24)25)9-16(11(10)2)22-17(23)7-6-15-12(3)20-18(26-5)21-13(15)4/h8-9H,6-7H2,1-5H3,(H,22,23)(H2,19,24,25). The summed E-state index contributed by atoms with van der Waals surface area (Å²) in [6.45, 7) is 7.41. The number of primary sulfonamides is 1. The van der Waals surface area contributed by atoms with Crippen LogP contribution in [0.2, 0.25) is 0 Å². The van der Waals surface area contributed by atoms with Crippen molar-refractivity contribution in [1.29, 1.82) is 0 Å². The van der Waals surface area contributed by atoms with E-state index in [0.29, 0.717) is 17.3 Å². The number of benzene rings is 1. The number of amides is 1. The van der Waals surface area contributed by atoms with Crippen LogP contribution in [0, 0.1) is 27.7 Å². The van der Waals surface area contributed by atoms with Gasteiger partial charge in [0.2, 0.25) is 15.9 Å². The van der Waals surface area contributed by atoms with E-state index in [0.717, 1.165) is 28.1 Å². The van der Waals surface area contributed by atoms with Crippen LogP contribution < -0.4 is 10.5 Å². The highest BCUT2D eigenvalue weighted by molar-refractivity contribution is 7.98. The number of aromatic nitrogens is 2. The molecule has 0 fully saturated rings. The molecule has 0 bridgehead atoms. The van der Waals surface area contributed by atoms with E-state index in [1.165, 1.54) is 23.9 Å². The number of nitrogens with one attached hydrogen (secondary N) is 1. The van der Waals surface area contributed by atoms with E-state index in [2.05, 4.69) is 15.3 Å². The lowest BCUT2D eigenvalue weighted by atomic mass is 10.1. The summed E-state index contributed by atoms with van der Waals surface area (Å²) in [7, 11) is -3.84. The molecule has 0 aliphatic rings. The average Bonchev–Trinajstić information content (AvgIpc) is 2.56. The molecule has 0 radical (unpaired) electrons. The molecule has 9 heteroatoms. The quantitative estimate of drug-likeness (QED) is 0.561. The molecule has 0 saturated carbocycles. The van der Waals surface area contributed by atoms with Gasteiger partial charge >= 0.3 is 0 Å². The summed E-state index contributed by atoms with van der Waals surface area (Å²) in [5.41, 5.74) is 4.67. The Morgan fingerprint density at radius 2 is 1.74 bits per heavy atom. The Hall–Kier alpha value is -1.97. The van der Waals surface area contributed by atoms with Crippen LogP contribution in [0.1, 0.15) is 34.5 Å². The van der Waals surface area contributed by atoms with Gasteiger partial charge in [-0.05, 0) is 69.2 Å². The monoisotopic (exact) mass is 408 g/mol. The first kappa shape index (κ1) is 21.3. The van der Waals surface area contributed by atoms with Crippen molar-refractivity contribution in [2.24, 2.45) is 5.14 Å². The molecule has 0 aliphatic carbocycles. The van der Waals surface area contributed by atoms with Gasteiger partial charge in [-0.15, -0.1) is 0 Å². The molecule has 0 unspecified atom stereocenters. The fraction of sp³-hybridized carbons (Fsp3) is 0.389. The van der Waals surface area contributed by atoms with E-state index >= 15 is 0 Å². The lowest BCUT2D eigenvalue weighted by Gasteiger charge is -2.13. The molecule has 146 valence electrons.